The largest absolute Gasteiger partial charge is 0.389 e. The summed E-state index contributed by atoms with van der Waals surface area (Å²) in [5.41, 5.74) is -1.52. The first-order chi connectivity index (χ1) is 8.80. The molecule has 1 aromatic rings. The number of nitrogens with zero attached hydrogens (tertiary/aromatic N) is 4. The van der Waals surface area contributed by atoms with Crippen LogP contribution in [0.5, 0.6) is 0 Å². The van der Waals surface area contributed by atoms with Gasteiger partial charge in [-0.05, 0) is 24.1 Å². The SMILES string of the molecule is N#CC(C#N)(CCC(F)(F)F)Cc1ccnc(Cl)n1. The van der Waals surface area contributed by atoms with Gasteiger partial charge in [0, 0.05) is 24.7 Å². The van der Waals surface area contributed by atoms with E-state index in [4.69, 9.17) is 22.1 Å². The first-order valence-electron chi connectivity index (χ1n) is 5.17. The third-order valence-corrected chi connectivity index (χ3v) is 2.61. The van der Waals surface area contributed by atoms with Crippen LogP contribution in [0.4, 0.5) is 13.2 Å². The summed E-state index contributed by atoms with van der Waals surface area (Å²) >= 11 is 5.54. The van der Waals surface area contributed by atoms with Crippen molar-refractivity contribution in [2.45, 2.75) is 25.4 Å². The standard InChI is InChI=1S/C11H8ClF3N4/c12-9-18-4-1-8(19-9)5-10(6-16,7-17)2-3-11(13,14)15/h1,4H,2-3,5H2. The highest BCUT2D eigenvalue weighted by atomic mass is 35.5. The fourth-order valence-corrected chi connectivity index (χ4v) is 1.60. The highest BCUT2D eigenvalue weighted by molar-refractivity contribution is 6.28. The van der Waals surface area contributed by atoms with Crippen LogP contribution < -0.4 is 0 Å². The summed E-state index contributed by atoms with van der Waals surface area (Å²) in [5.74, 6) is 0. The van der Waals surface area contributed by atoms with Gasteiger partial charge in [0.25, 0.3) is 0 Å². The molecule has 1 aromatic heterocycles. The van der Waals surface area contributed by atoms with Gasteiger partial charge in [-0.1, -0.05) is 0 Å². The number of hydrogen-bond acceptors (Lipinski definition) is 4. The van der Waals surface area contributed by atoms with E-state index in [0.717, 1.165) is 0 Å². The first kappa shape index (κ1) is 15.2. The molecule has 0 saturated carbocycles. The molecule has 0 bridgehead atoms. The summed E-state index contributed by atoms with van der Waals surface area (Å²) in [6, 6.07) is 4.69. The second kappa shape index (κ2) is 5.85. The molecule has 0 spiro atoms. The van der Waals surface area contributed by atoms with Crippen LogP contribution in [0.3, 0.4) is 0 Å². The quantitative estimate of drug-likeness (QED) is 0.798. The predicted molar refractivity (Wildman–Crippen MR) is 59.7 cm³/mol. The lowest BCUT2D eigenvalue weighted by atomic mass is 9.81. The van der Waals surface area contributed by atoms with Gasteiger partial charge >= 0.3 is 6.18 Å². The Kier molecular flexibility index (Phi) is 4.68. The van der Waals surface area contributed by atoms with Crippen molar-refractivity contribution in [2.24, 2.45) is 5.41 Å². The van der Waals surface area contributed by atoms with Gasteiger partial charge in [0.2, 0.25) is 5.28 Å². The molecule has 8 heteroatoms. The zero-order valence-electron chi connectivity index (χ0n) is 9.58. The van der Waals surface area contributed by atoms with Gasteiger partial charge in [-0.3, -0.25) is 0 Å². The van der Waals surface area contributed by atoms with Gasteiger partial charge in [-0.25, -0.2) is 9.97 Å². The topological polar surface area (TPSA) is 73.4 Å². The van der Waals surface area contributed by atoms with E-state index in [0.29, 0.717) is 0 Å². The van der Waals surface area contributed by atoms with Crippen LogP contribution >= 0.6 is 11.6 Å². The maximum atomic E-state index is 12.2. The Hall–Kier alpha value is -1.86. The third-order valence-electron chi connectivity index (χ3n) is 2.43. The minimum Gasteiger partial charge on any atom is -0.227 e. The van der Waals surface area contributed by atoms with E-state index in [9.17, 15) is 13.2 Å². The Morgan fingerprint density at radius 3 is 2.32 bits per heavy atom. The molecular formula is C11H8ClF3N4. The van der Waals surface area contributed by atoms with Crippen molar-refractivity contribution in [2.75, 3.05) is 0 Å². The van der Waals surface area contributed by atoms with E-state index in [-0.39, 0.29) is 17.4 Å². The summed E-state index contributed by atoms with van der Waals surface area (Å²) in [5, 5.41) is 17.9. The molecule has 0 aliphatic rings. The second-order valence-electron chi connectivity index (χ2n) is 3.91. The number of nitriles is 2. The summed E-state index contributed by atoms with van der Waals surface area (Å²) in [7, 11) is 0. The average molecular weight is 289 g/mol. The maximum Gasteiger partial charge on any atom is 0.389 e. The van der Waals surface area contributed by atoms with Crippen LogP contribution in [0.15, 0.2) is 12.3 Å². The van der Waals surface area contributed by atoms with E-state index < -0.39 is 24.4 Å². The van der Waals surface area contributed by atoms with E-state index in [1.165, 1.54) is 12.3 Å². The molecule has 0 aromatic carbocycles. The van der Waals surface area contributed by atoms with Crippen molar-refractivity contribution < 1.29 is 13.2 Å². The van der Waals surface area contributed by atoms with E-state index in [2.05, 4.69) is 9.97 Å². The van der Waals surface area contributed by atoms with Crippen molar-refractivity contribution in [3.63, 3.8) is 0 Å². The molecule has 1 heterocycles. The normalized spacial score (nSPS) is 11.7. The molecule has 0 atom stereocenters. The van der Waals surface area contributed by atoms with Crippen molar-refractivity contribution in [3.8, 4) is 12.1 Å². The van der Waals surface area contributed by atoms with Gasteiger partial charge in [0.15, 0.2) is 0 Å². The van der Waals surface area contributed by atoms with Crippen molar-refractivity contribution >= 4 is 11.6 Å². The molecule has 0 N–H and O–H groups in total. The van der Waals surface area contributed by atoms with E-state index >= 15 is 0 Å². The van der Waals surface area contributed by atoms with Crippen LogP contribution in [0.1, 0.15) is 18.5 Å². The third kappa shape index (κ3) is 4.72. The molecule has 0 fully saturated rings. The molecule has 1 rings (SSSR count). The summed E-state index contributed by atoms with van der Waals surface area (Å²) in [6.45, 7) is 0. The number of hydrogen-bond donors (Lipinski definition) is 0. The Morgan fingerprint density at radius 1 is 1.21 bits per heavy atom. The van der Waals surface area contributed by atoms with Gasteiger partial charge in [-0.2, -0.15) is 23.7 Å². The molecular weight excluding hydrogens is 281 g/mol. The second-order valence-corrected chi connectivity index (χ2v) is 4.25. The number of halogens is 4. The zero-order chi connectivity index (χ0) is 14.5. The van der Waals surface area contributed by atoms with Crippen LogP contribution in [0.25, 0.3) is 0 Å². The average Bonchev–Trinajstić information content (AvgIpc) is 2.34. The van der Waals surface area contributed by atoms with Gasteiger partial charge in [0.05, 0.1) is 12.1 Å². The number of aromatic nitrogens is 2. The summed E-state index contributed by atoms with van der Waals surface area (Å²) in [4.78, 5) is 7.38. The fraction of sp³-hybridized carbons (Fsp3) is 0.455. The summed E-state index contributed by atoms with van der Waals surface area (Å²) in [6.07, 6.45) is -5.13. The zero-order valence-corrected chi connectivity index (χ0v) is 10.3. The Labute approximate surface area is 112 Å². The molecule has 0 radical (unpaired) electrons. The molecule has 0 unspecified atom stereocenters. The molecule has 0 aliphatic carbocycles. The van der Waals surface area contributed by atoms with E-state index in [1.54, 1.807) is 12.1 Å². The Morgan fingerprint density at radius 2 is 1.84 bits per heavy atom. The Bertz CT molecular complexity index is 516. The minimum atomic E-state index is -4.41. The van der Waals surface area contributed by atoms with Crippen LogP contribution in [0, 0.1) is 28.1 Å². The number of alkyl halides is 3. The van der Waals surface area contributed by atoms with Crippen molar-refractivity contribution in [1.29, 1.82) is 10.5 Å². The van der Waals surface area contributed by atoms with Gasteiger partial charge in [-0.15, -0.1) is 0 Å². The molecule has 0 saturated heterocycles. The summed E-state index contributed by atoms with van der Waals surface area (Å²) < 4.78 is 36.6. The minimum absolute atomic E-state index is 0.0851. The molecule has 0 amide bonds. The molecule has 4 nitrogen and oxygen atoms in total. The molecule has 0 aliphatic heterocycles. The fourth-order valence-electron chi connectivity index (χ4n) is 1.44. The van der Waals surface area contributed by atoms with Crippen LogP contribution in [-0.2, 0) is 6.42 Å². The van der Waals surface area contributed by atoms with Gasteiger partial charge < -0.3 is 0 Å². The lowest BCUT2D eigenvalue weighted by Crippen LogP contribution is -2.23. The predicted octanol–water partition coefficient (Wildman–Crippen LogP) is 3.05. The lowest BCUT2D eigenvalue weighted by Gasteiger charge is -2.18. The van der Waals surface area contributed by atoms with Crippen LogP contribution in [-0.4, -0.2) is 16.1 Å². The highest BCUT2D eigenvalue weighted by Gasteiger charge is 2.37. The van der Waals surface area contributed by atoms with Crippen molar-refractivity contribution in [3.05, 3.63) is 23.2 Å². The molecule has 19 heavy (non-hydrogen) atoms. The lowest BCUT2D eigenvalue weighted by molar-refractivity contribution is -0.138. The first-order valence-corrected chi connectivity index (χ1v) is 5.55. The van der Waals surface area contributed by atoms with Gasteiger partial charge in [0.1, 0.15) is 5.41 Å². The van der Waals surface area contributed by atoms with E-state index in [1.807, 2.05) is 0 Å². The van der Waals surface area contributed by atoms with Crippen LogP contribution in [0.2, 0.25) is 5.28 Å². The Balaban J connectivity index is 2.89. The smallest absolute Gasteiger partial charge is 0.227 e. The number of rotatable bonds is 4. The monoisotopic (exact) mass is 288 g/mol. The molecule has 100 valence electrons. The highest BCUT2D eigenvalue weighted by Crippen LogP contribution is 2.32. The maximum absolute atomic E-state index is 12.2. The van der Waals surface area contributed by atoms with Crippen molar-refractivity contribution in [1.82, 2.24) is 9.97 Å².